The summed E-state index contributed by atoms with van der Waals surface area (Å²) in [6.45, 7) is 7.40. The highest BCUT2D eigenvalue weighted by Crippen LogP contribution is 2.27. The highest BCUT2D eigenvalue weighted by molar-refractivity contribution is 6.01. The molecule has 2 aliphatic heterocycles. The maximum atomic E-state index is 12.2. The number of likely N-dealkylation sites (N-methyl/N-ethyl adjacent to an activating group) is 1. The first-order valence-electron chi connectivity index (χ1n) is 10.4. The minimum absolute atomic E-state index is 0.202. The lowest BCUT2D eigenvalue weighted by atomic mass is 9.98. The number of imide groups is 1. The molecule has 1 N–H and O–H groups in total. The third-order valence-electron chi connectivity index (χ3n) is 5.37. The number of hydrogen-bond acceptors (Lipinski definition) is 6. The second kappa shape index (κ2) is 9.00. The average Bonchev–Trinajstić information content (AvgIpc) is 2.67. The summed E-state index contributed by atoms with van der Waals surface area (Å²) >= 11 is 0. The van der Waals surface area contributed by atoms with Gasteiger partial charge in [0.2, 0.25) is 11.8 Å². The molecule has 2 amide bonds. The Hall–Kier alpha value is -2.67. The number of nitrogens with zero attached hydrogens (tertiary/aromatic N) is 2. The SMILES string of the molecule is CN(c1cccc(C2=CCN(CC(=O)OC(C)(C)C)CC2)c1)C1CCC(=O)NC1=O. The van der Waals surface area contributed by atoms with Gasteiger partial charge in [0.25, 0.3) is 0 Å². The zero-order valence-electron chi connectivity index (χ0n) is 18.2. The lowest BCUT2D eigenvalue weighted by molar-refractivity contribution is -0.156. The van der Waals surface area contributed by atoms with Gasteiger partial charge in [-0.1, -0.05) is 18.2 Å². The van der Waals surface area contributed by atoms with Crippen molar-refractivity contribution < 1.29 is 19.1 Å². The monoisotopic (exact) mass is 413 g/mol. The second-order valence-corrected chi connectivity index (χ2v) is 8.93. The Labute approximate surface area is 178 Å². The van der Waals surface area contributed by atoms with Crippen LogP contribution >= 0.6 is 0 Å². The van der Waals surface area contributed by atoms with Crippen molar-refractivity contribution in [3.63, 3.8) is 0 Å². The fourth-order valence-corrected chi connectivity index (χ4v) is 3.83. The van der Waals surface area contributed by atoms with Crippen LogP contribution in [0.5, 0.6) is 0 Å². The summed E-state index contributed by atoms with van der Waals surface area (Å²) in [6, 6.07) is 7.77. The van der Waals surface area contributed by atoms with Crippen molar-refractivity contribution in [1.82, 2.24) is 10.2 Å². The fraction of sp³-hybridized carbons (Fsp3) is 0.522. The standard InChI is InChI=1S/C23H31N3O4/c1-23(2,3)30-21(28)15-26-12-10-16(11-13-26)17-6-5-7-18(14-17)25(4)19-8-9-20(27)24-22(19)29/h5-7,10,14,19H,8-9,11-13,15H2,1-4H3,(H,24,27,29). The maximum Gasteiger partial charge on any atom is 0.320 e. The topological polar surface area (TPSA) is 79.0 Å². The van der Waals surface area contributed by atoms with Crippen LogP contribution in [0.15, 0.2) is 30.3 Å². The molecule has 1 atom stereocenters. The van der Waals surface area contributed by atoms with Gasteiger partial charge >= 0.3 is 5.97 Å². The molecule has 0 aromatic heterocycles. The van der Waals surface area contributed by atoms with Gasteiger partial charge in [0.1, 0.15) is 11.6 Å². The number of piperidine rings is 1. The van der Waals surface area contributed by atoms with E-state index in [-0.39, 0.29) is 23.8 Å². The molecule has 0 radical (unpaired) electrons. The van der Waals surface area contributed by atoms with Gasteiger partial charge in [-0.05, 0) is 56.9 Å². The van der Waals surface area contributed by atoms with Gasteiger partial charge in [0, 0.05) is 32.2 Å². The van der Waals surface area contributed by atoms with E-state index in [4.69, 9.17) is 4.74 Å². The van der Waals surface area contributed by atoms with Crippen LogP contribution in [-0.4, -0.2) is 61.0 Å². The normalized spacial score (nSPS) is 20.4. The number of anilines is 1. The lowest BCUT2D eigenvalue weighted by Gasteiger charge is -2.32. The molecule has 0 aliphatic carbocycles. The predicted molar refractivity (Wildman–Crippen MR) is 116 cm³/mol. The van der Waals surface area contributed by atoms with E-state index in [9.17, 15) is 14.4 Å². The zero-order chi connectivity index (χ0) is 21.9. The van der Waals surface area contributed by atoms with E-state index in [0.717, 1.165) is 24.2 Å². The van der Waals surface area contributed by atoms with Gasteiger partial charge in [-0.2, -0.15) is 0 Å². The molecule has 0 bridgehead atoms. The molecule has 1 aromatic rings. The summed E-state index contributed by atoms with van der Waals surface area (Å²) in [5, 5.41) is 2.42. The number of amides is 2. The molecule has 30 heavy (non-hydrogen) atoms. The molecule has 1 saturated heterocycles. The van der Waals surface area contributed by atoms with Gasteiger partial charge in [-0.3, -0.25) is 24.6 Å². The van der Waals surface area contributed by atoms with Crippen molar-refractivity contribution in [1.29, 1.82) is 0 Å². The number of carbonyl (C=O) groups excluding carboxylic acids is 3. The Morgan fingerprint density at radius 1 is 1.27 bits per heavy atom. The second-order valence-electron chi connectivity index (χ2n) is 8.93. The summed E-state index contributed by atoms with van der Waals surface area (Å²) in [4.78, 5) is 39.7. The number of benzene rings is 1. The first-order valence-corrected chi connectivity index (χ1v) is 10.4. The molecule has 3 rings (SSSR count). The van der Waals surface area contributed by atoms with Crippen LogP contribution < -0.4 is 10.2 Å². The number of hydrogen-bond donors (Lipinski definition) is 1. The first-order chi connectivity index (χ1) is 14.1. The first kappa shape index (κ1) is 22.0. The summed E-state index contributed by atoms with van der Waals surface area (Å²) in [5.41, 5.74) is 2.82. The smallest absolute Gasteiger partial charge is 0.320 e. The van der Waals surface area contributed by atoms with Crippen molar-refractivity contribution in [2.75, 3.05) is 31.6 Å². The summed E-state index contributed by atoms with van der Waals surface area (Å²) in [6.07, 6.45) is 3.88. The minimum Gasteiger partial charge on any atom is -0.459 e. The van der Waals surface area contributed by atoms with Gasteiger partial charge in [0.15, 0.2) is 0 Å². The third-order valence-corrected chi connectivity index (χ3v) is 5.37. The number of rotatable bonds is 5. The number of ether oxygens (including phenoxy) is 1. The molecular weight excluding hydrogens is 382 g/mol. The van der Waals surface area contributed by atoms with Crippen LogP contribution in [0.25, 0.3) is 5.57 Å². The Bertz CT molecular complexity index is 856. The summed E-state index contributed by atoms with van der Waals surface area (Å²) in [5.74, 6) is -0.650. The lowest BCUT2D eigenvalue weighted by Crippen LogP contribution is -2.51. The Kier molecular flexibility index (Phi) is 6.61. The Morgan fingerprint density at radius 2 is 2.03 bits per heavy atom. The van der Waals surface area contributed by atoms with Crippen LogP contribution in [0, 0.1) is 0 Å². The van der Waals surface area contributed by atoms with Gasteiger partial charge in [0.05, 0.1) is 6.54 Å². The van der Waals surface area contributed by atoms with E-state index in [1.54, 1.807) is 0 Å². The van der Waals surface area contributed by atoms with Crippen LogP contribution in [0.3, 0.4) is 0 Å². The fourth-order valence-electron chi connectivity index (χ4n) is 3.83. The maximum absolute atomic E-state index is 12.2. The molecule has 7 heteroatoms. The number of nitrogens with one attached hydrogen (secondary N) is 1. The van der Waals surface area contributed by atoms with Crippen LogP contribution in [0.2, 0.25) is 0 Å². The third kappa shape index (κ3) is 5.69. The predicted octanol–water partition coefficient (Wildman–Crippen LogP) is 2.36. The van der Waals surface area contributed by atoms with Crippen molar-refractivity contribution in [3.05, 3.63) is 35.9 Å². The van der Waals surface area contributed by atoms with E-state index in [1.807, 2.05) is 44.9 Å². The van der Waals surface area contributed by atoms with E-state index in [2.05, 4.69) is 28.4 Å². The molecule has 0 spiro atoms. The number of carbonyl (C=O) groups is 3. The van der Waals surface area contributed by atoms with Crippen molar-refractivity contribution in [2.24, 2.45) is 0 Å². The molecule has 0 saturated carbocycles. The summed E-state index contributed by atoms with van der Waals surface area (Å²) < 4.78 is 5.41. The Morgan fingerprint density at radius 3 is 2.67 bits per heavy atom. The van der Waals surface area contributed by atoms with Crippen LogP contribution in [0.4, 0.5) is 5.69 Å². The molecule has 7 nitrogen and oxygen atoms in total. The average molecular weight is 414 g/mol. The molecule has 1 aromatic carbocycles. The van der Waals surface area contributed by atoms with E-state index < -0.39 is 5.60 Å². The van der Waals surface area contributed by atoms with E-state index in [0.29, 0.717) is 25.9 Å². The Balaban J connectivity index is 1.64. The summed E-state index contributed by atoms with van der Waals surface area (Å²) in [7, 11) is 1.89. The van der Waals surface area contributed by atoms with Crippen molar-refractivity contribution in [2.45, 2.75) is 51.7 Å². The van der Waals surface area contributed by atoms with Crippen LogP contribution in [-0.2, 0) is 19.1 Å². The highest BCUT2D eigenvalue weighted by atomic mass is 16.6. The van der Waals surface area contributed by atoms with E-state index in [1.165, 1.54) is 5.57 Å². The largest absolute Gasteiger partial charge is 0.459 e. The highest BCUT2D eigenvalue weighted by Gasteiger charge is 2.30. The molecular formula is C23H31N3O4. The van der Waals surface area contributed by atoms with Gasteiger partial charge < -0.3 is 9.64 Å². The zero-order valence-corrected chi connectivity index (χ0v) is 18.2. The van der Waals surface area contributed by atoms with Gasteiger partial charge in [-0.25, -0.2) is 0 Å². The molecule has 2 heterocycles. The number of esters is 1. The molecule has 162 valence electrons. The molecule has 2 aliphatic rings. The van der Waals surface area contributed by atoms with Gasteiger partial charge in [-0.15, -0.1) is 0 Å². The molecule has 1 fully saturated rings. The molecule has 1 unspecified atom stereocenters. The van der Waals surface area contributed by atoms with Crippen LogP contribution in [0.1, 0.15) is 45.6 Å². The van der Waals surface area contributed by atoms with E-state index >= 15 is 0 Å². The minimum atomic E-state index is -0.469. The van der Waals surface area contributed by atoms with Crippen molar-refractivity contribution >= 4 is 29.0 Å². The quantitative estimate of drug-likeness (QED) is 0.590. The van der Waals surface area contributed by atoms with Crippen molar-refractivity contribution in [3.8, 4) is 0 Å².